The summed E-state index contributed by atoms with van der Waals surface area (Å²) in [6.45, 7) is 0.689. The van der Waals surface area contributed by atoms with E-state index in [-0.39, 0.29) is 16.5 Å². The highest BCUT2D eigenvalue weighted by Crippen LogP contribution is 2.34. The Labute approximate surface area is 126 Å². The van der Waals surface area contributed by atoms with Gasteiger partial charge in [-0.3, -0.25) is 4.98 Å². The van der Waals surface area contributed by atoms with Gasteiger partial charge in [0.1, 0.15) is 11.6 Å². The molecule has 1 aromatic heterocycles. The SMILES string of the molecule is CN(CC1CCC1)c1c(C#N)cnc2c(F)c(F)c(F)cc12. The molecule has 0 amide bonds. The molecule has 0 radical (unpaired) electrons. The molecule has 6 heteroatoms. The molecule has 22 heavy (non-hydrogen) atoms. The van der Waals surface area contributed by atoms with Crippen molar-refractivity contribution in [3.05, 3.63) is 35.3 Å². The lowest BCUT2D eigenvalue weighted by Crippen LogP contribution is -2.30. The highest BCUT2D eigenvalue weighted by molar-refractivity contribution is 5.94. The van der Waals surface area contributed by atoms with Crippen LogP contribution in [-0.2, 0) is 0 Å². The Morgan fingerprint density at radius 3 is 2.64 bits per heavy atom. The number of halogens is 3. The van der Waals surface area contributed by atoms with Gasteiger partial charge >= 0.3 is 0 Å². The summed E-state index contributed by atoms with van der Waals surface area (Å²) >= 11 is 0. The fourth-order valence-electron chi connectivity index (χ4n) is 2.87. The molecule has 0 aliphatic heterocycles. The van der Waals surface area contributed by atoms with E-state index in [1.54, 1.807) is 7.05 Å². The smallest absolute Gasteiger partial charge is 0.196 e. The van der Waals surface area contributed by atoms with Crippen molar-refractivity contribution < 1.29 is 13.2 Å². The van der Waals surface area contributed by atoms with E-state index >= 15 is 0 Å². The van der Waals surface area contributed by atoms with Crippen LogP contribution in [0.4, 0.5) is 18.9 Å². The van der Waals surface area contributed by atoms with Crippen molar-refractivity contribution in [2.75, 3.05) is 18.5 Å². The number of anilines is 1. The summed E-state index contributed by atoms with van der Waals surface area (Å²) in [6, 6.07) is 2.90. The third-order valence-electron chi connectivity index (χ3n) is 4.23. The maximum Gasteiger partial charge on any atom is 0.196 e. The van der Waals surface area contributed by atoms with Gasteiger partial charge in [-0.1, -0.05) is 6.42 Å². The van der Waals surface area contributed by atoms with Gasteiger partial charge in [0.25, 0.3) is 0 Å². The molecule has 114 valence electrons. The average molecular weight is 305 g/mol. The van der Waals surface area contributed by atoms with Gasteiger partial charge < -0.3 is 4.90 Å². The summed E-state index contributed by atoms with van der Waals surface area (Å²) in [6.07, 6.45) is 4.59. The Bertz CT molecular complexity index is 779. The minimum atomic E-state index is -1.54. The van der Waals surface area contributed by atoms with Gasteiger partial charge in [0.05, 0.1) is 11.3 Å². The van der Waals surface area contributed by atoms with E-state index in [0.29, 0.717) is 18.2 Å². The van der Waals surface area contributed by atoms with E-state index in [2.05, 4.69) is 4.98 Å². The molecule has 3 nitrogen and oxygen atoms in total. The number of rotatable bonds is 3. The predicted octanol–water partition coefficient (Wildman–Crippen LogP) is 3.76. The number of aromatic nitrogens is 1. The van der Waals surface area contributed by atoms with Crippen LogP contribution in [0.15, 0.2) is 12.3 Å². The van der Waals surface area contributed by atoms with Crippen LogP contribution in [0.25, 0.3) is 10.9 Å². The van der Waals surface area contributed by atoms with Crippen LogP contribution < -0.4 is 4.90 Å². The van der Waals surface area contributed by atoms with Crippen molar-refractivity contribution in [1.29, 1.82) is 5.26 Å². The number of hydrogen-bond donors (Lipinski definition) is 0. The highest BCUT2D eigenvalue weighted by Gasteiger charge is 2.24. The van der Waals surface area contributed by atoms with Crippen molar-refractivity contribution in [2.45, 2.75) is 19.3 Å². The second-order valence-corrected chi connectivity index (χ2v) is 5.69. The Kier molecular flexibility index (Phi) is 3.65. The molecule has 0 spiro atoms. The maximum absolute atomic E-state index is 13.9. The molecule has 0 N–H and O–H groups in total. The zero-order chi connectivity index (χ0) is 15.9. The van der Waals surface area contributed by atoms with Crippen molar-refractivity contribution >= 4 is 16.6 Å². The Hall–Kier alpha value is -2.29. The summed E-state index contributed by atoms with van der Waals surface area (Å²) in [5, 5.41) is 9.37. The lowest BCUT2D eigenvalue weighted by atomic mass is 9.85. The van der Waals surface area contributed by atoms with Gasteiger partial charge in [0.15, 0.2) is 17.5 Å². The minimum Gasteiger partial charge on any atom is -0.373 e. The Morgan fingerprint density at radius 1 is 1.32 bits per heavy atom. The maximum atomic E-state index is 13.9. The highest BCUT2D eigenvalue weighted by atomic mass is 19.2. The number of pyridine rings is 1. The summed E-state index contributed by atoms with van der Waals surface area (Å²) in [7, 11) is 1.77. The van der Waals surface area contributed by atoms with E-state index in [1.165, 1.54) is 12.6 Å². The molecular weight excluding hydrogens is 291 g/mol. The largest absolute Gasteiger partial charge is 0.373 e. The quantitative estimate of drug-likeness (QED) is 0.811. The molecule has 1 heterocycles. The first-order valence-electron chi connectivity index (χ1n) is 7.10. The second-order valence-electron chi connectivity index (χ2n) is 5.69. The molecule has 2 aromatic rings. The summed E-state index contributed by atoms with van der Waals surface area (Å²) in [5.41, 5.74) is 0.366. The molecule has 1 aromatic carbocycles. The van der Waals surface area contributed by atoms with Crippen LogP contribution in [0.3, 0.4) is 0 Å². The fraction of sp³-hybridized carbons (Fsp3) is 0.375. The predicted molar refractivity (Wildman–Crippen MR) is 76.9 cm³/mol. The van der Waals surface area contributed by atoms with Gasteiger partial charge in [-0.2, -0.15) is 5.26 Å². The lowest BCUT2D eigenvalue weighted by molar-refractivity contribution is 0.321. The number of nitriles is 1. The Morgan fingerprint density at radius 2 is 2.05 bits per heavy atom. The number of hydrogen-bond acceptors (Lipinski definition) is 3. The van der Waals surface area contributed by atoms with E-state index in [1.807, 2.05) is 11.0 Å². The van der Waals surface area contributed by atoms with Crippen molar-refractivity contribution in [1.82, 2.24) is 4.98 Å². The molecule has 0 saturated heterocycles. The third-order valence-corrected chi connectivity index (χ3v) is 4.23. The lowest BCUT2D eigenvalue weighted by Gasteiger charge is -2.32. The van der Waals surface area contributed by atoms with Crippen LogP contribution in [0.1, 0.15) is 24.8 Å². The zero-order valence-electron chi connectivity index (χ0n) is 12.0. The van der Waals surface area contributed by atoms with Gasteiger partial charge in [0, 0.05) is 25.2 Å². The van der Waals surface area contributed by atoms with Crippen LogP contribution in [0.5, 0.6) is 0 Å². The van der Waals surface area contributed by atoms with Crippen LogP contribution in [0.2, 0.25) is 0 Å². The van der Waals surface area contributed by atoms with Gasteiger partial charge in [-0.15, -0.1) is 0 Å². The first kappa shape index (κ1) is 14.6. The number of benzene rings is 1. The summed E-state index contributed by atoms with van der Waals surface area (Å²) < 4.78 is 40.9. The first-order valence-corrected chi connectivity index (χ1v) is 7.10. The van der Waals surface area contributed by atoms with E-state index in [4.69, 9.17) is 0 Å². The number of nitrogens with zero attached hydrogens (tertiary/aromatic N) is 3. The second kappa shape index (κ2) is 5.48. The van der Waals surface area contributed by atoms with Crippen LogP contribution >= 0.6 is 0 Å². The Balaban J connectivity index is 2.18. The van der Waals surface area contributed by atoms with E-state index < -0.39 is 17.5 Å². The van der Waals surface area contributed by atoms with Crippen LogP contribution in [-0.4, -0.2) is 18.6 Å². The first-order chi connectivity index (χ1) is 10.5. The molecular formula is C16H14F3N3. The van der Waals surface area contributed by atoms with Crippen LogP contribution in [0, 0.1) is 34.7 Å². The summed E-state index contributed by atoms with van der Waals surface area (Å²) in [4.78, 5) is 5.59. The van der Waals surface area contributed by atoms with Gasteiger partial charge in [0.2, 0.25) is 0 Å². The molecule has 0 atom stereocenters. The van der Waals surface area contributed by atoms with Gasteiger partial charge in [-0.05, 0) is 24.8 Å². The zero-order valence-corrected chi connectivity index (χ0v) is 12.0. The minimum absolute atomic E-state index is 0.122. The van der Waals surface area contributed by atoms with E-state index in [0.717, 1.165) is 18.9 Å². The van der Waals surface area contributed by atoms with E-state index in [9.17, 15) is 18.4 Å². The third kappa shape index (κ3) is 2.27. The fourth-order valence-corrected chi connectivity index (χ4v) is 2.87. The standard InChI is InChI=1S/C16H14F3N3/c1-22(8-9-3-2-4-9)16-10(6-20)7-21-15-11(16)5-12(17)13(18)14(15)19/h5,7,9H,2-4,8H2,1H3. The molecule has 1 saturated carbocycles. The molecule has 0 unspecified atom stereocenters. The number of fused-ring (bicyclic) bond motifs is 1. The molecule has 3 rings (SSSR count). The molecule has 1 aliphatic rings. The average Bonchev–Trinajstić information content (AvgIpc) is 2.47. The molecule has 1 fully saturated rings. The van der Waals surface area contributed by atoms with Crippen molar-refractivity contribution in [3.63, 3.8) is 0 Å². The molecule has 1 aliphatic carbocycles. The van der Waals surface area contributed by atoms with Gasteiger partial charge in [-0.25, -0.2) is 13.2 Å². The molecule has 0 bridgehead atoms. The topological polar surface area (TPSA) is 39.9 Å². The summed E-state index contributed by atoms with van der Waals surface area (Å²) in [5.74, 6) is -3.63. The monoisotopic (exact) mass is 305 g/mol. The van der Waals surface area contributed by atoms with Crippen molar-refractivity contribution in [2.24, 2.45) is 5.92 Å². The van der Waals surface area contributed by atoms with Crippen molar-refractivity contribution in [3.8, 4) is 6.07 Å². The normalized spacial score (nSPS) is 14.7.